The maximum atomic E-state index is 12.0. The van der Waals surface area contributed by atoms with Crippen molar-refractivity contribution in [2.75, 3.05) is 25.4 Å². The van der Waals surface area contributed by atoms with Crippen molar-refractivity contribution in [1.29, 1.82) is 0 Å². The Hall–Kier alpha value is -2.05. The van der Waals surface area contributed by atoms with Crippen molar-refractivity contribution in [1.82, 2.24) is 14.9 Å². The third-order valence-electron chi connectivity index (χ3n) is 3.45. The third-order valence-corrected chi connectivity index (χ3v) is 3.45. The van der Waals surface area contributed by atoms with Crippen LogP contribution in [0.1, 0.15) is 33.6 Å². The van der Waals surface area contributed by atoms with Crippen molar-refractivity contribution in [2.45, 2.75) is 39.2 Å². The van der Waals surface area contributed by atoms with E-state index >= 15 is 0 Å². The number of piperidine rings is 1. The first-order valence-electron chi connectivity index (χ1n) is 7.51. The Balaban J connectivity index is 1.76. The Kier molecular flexibility index (Phi) is 5.05. The summed E-state index contributed by atoms with van der Waals surface area (Å²) < 4.78 is 11.0. The van der Waals surface area contributed by atoms with Gasteiger partial charge in [-0.2, -0.15) is 0 Å². The molecule has 2 heterocycles. The average molecular weight is 308 g/mol. The first-order valence-corrected chi connectivity index (χ1v) is 7.51. The number of amides is 1. The van der Waals surface area contributed by atoms with Crippen LogP contribution in [0.2, 0.25) is 0 Å². The number of ether oxygens (including phenoxy) is 2. The fourth-order valence-corrected chi connectivity index (χ4v) is 2.25. The summed E-state index contributed by atoms with van der Waals surface area (Å²) in [5.41, 5.74) is 5.25. The molecule has 0 spiro atoms. The summed E-state index contributed by atoms with van der Waals surface area (Å²) in [5.74, 6) is 1.25. The van der Waals surface area contributed by atoms with Gasteiger partial charge in [0.05, 0.1) is 12.8 Å². The van der Waals surface area contributed by atoms with Crippen molar-refractivity contribution < 1.29 is 14.3 Å². The lowest BCUT2D eigenvalue weighted by molar-refractivity contribution is 0.0165. The molecule has 2 rings (SSSR count). The smallest absolute Gasteiger partial charge is 0.410 e. The predicted octanol–water partition coefficient (Wildman–Crippen LogP) is 2.08. The Morgan fingerprint density at radius 2 is 2.09 bits per heavy atom. The molecule has 1 aliphatic heterocycles. The van der Waals surface area contributed by atoms with E-state index in [0.29, 0.717) is 37.2 Å². The Morgan fingerprint density at radius 3 is 2.68 bits per heavy atom. The van der Waals surface area contributed by atoms with Gasteiger partial charge in [-0.15, -0.1) is 0 Å². The van der Waals surface area contributed by atoms with E-state index in [9.17, 15) is 4.79 Å². The first-order chi connectivity index (χ1) is 10.3. The van der Waals surface area contributed by atoms with E-state index in [1.807, 2.05) is 20.8 Å². The number of carbonyl (C=O) groups excluding carboxylic acids is 1. The monoisotopic (exact) mass is 308 g/mol. The van der Waals surface area contributed by atoms with Gasteiger partial charge in [0, 0.05) is 13.1 Å². The summed E-state index contributed by atoms with van der Waals surface area (Å²) in [7, 11) is 0. The van der Waals surface area contributed by atoms with E-state index in [-0.39, 0.29) is 6.09 Å². The fraction of sp³-hybridized carbons (Fsp3) is 0.667. The van der Waals surface area contributed by atoms with E-state index in [4.69, 9.17) is 15.2 Å². The number of nitrogen functional groups attached to an aromatic ring is 1. The van der Waals surface area contributed by atoms with Crippen LogP contribution in [0.25, 0.3) is 0 Å². The van der Waals surface area contributed by atoms with Crippen LogP contribution in [0.5, 0.6) is 5.75 Å². The molecule has 0 aromatic carbocycles. The van der Waals surface area contributed by atoms with E-state index in [1.54, 1.807) is 11.1 Å². The van der Waals surface area contributed by atoms with Gasteiger partial charge in [-0.1, -0.05) is 0 Å². The lowest BCUT2D eigenvalue weighted by Crippen LogP contribution is -2.42. The number of nitrogens with zero attached hydrogens (tertiary/aromatic N) is 3. The Bertz CT molecular complexity index is 508. The zero-order valence-corrected chi connectivity index (χ0v) is 13.4. The molecule has 1 aliphatic rings. The molecule has 0 radical (unpaired) electrons. The maximum absolute atomic E-state index is 12.0. The highest BCUT2D eigenvalue weighted by Gasteiger charge is 2.27. The van der Waals surface area contributed by atoms with Gasteiger partial charge in [-0.05, 0) is 39.5 Å². The Labute approximate surface area is 130 Å². The minimum Gasteiger partial charge on any atom is -0.488 e. The van der Waals surface area contributed by atoms with Gasteiger partial charge in [0.1, 0.15) is 11.9 Å². The molecule has 1 saturated heterocycles. The molecule has 22 heavy (non-hydrogen) atoms. The van der Waals surface area contributed by atoms with Crippen molar-refractivity contribution >= 4 is 11.9 Å². The third kappa shape index (κ3) is 4.75. The highest BCUT2D eigenvalue weighted by molar-refractivity contribution is 5.68. The molecular weight excluding hydrogens is 284 g/mol. The number of aromatic nitrogens is 2. The summed E-state index contributed by atoms with van der Waals surface area (Å²) in [6.07, 6.45) is 4.48. The van der Waals surface area contributed by atoms with Crippen LogP contribution in [-0.4, -0.2) is 46.3 Å². The van der Waals surface area contributed by atoms with Gasteiger partial charge >= 0.3 is 6.09 Å². The van der Waals surface area contributed by atoms with Crippen molar-refractivity contribution in [2.24, 2.45) is 5.92 Å². The van der Waals surface area contributed by atoms with Crippen LogP contribution in [0, 0.1) is 5.92 Å². The molecular formula is C15H24N4O3. The number of hydrogen-bond donors (Lipinski definition) is 1. The molecule has 1 aromatic heterocycles. The molecule has 0 unspecified atom stereocenters. The molecule has 1 aromatic rings. The lowest BCUT2D eigenvalue weighted by atomic mass is 9.98. The minimum atomic E-state index is -0.456. The molecule has 1 amide bonds. The molecule has 122 valence electrons. The summed E-state index contributed by atoms with van der Waals surface area (Å²) in [6, 6.07) is 0. The summed E-state index contributed by atoms with van der Waals surface area (Å²) in [4.78, 5) is 21.5. The van der Waals surface area contributed by atoms with Crippen LogP contribution >= 0.6 is 0 Å². The average Bonchev–Trinajstić information content (AvgIpc) is 2.45. The summed E-state index contributed by atoms with van der Waals surface area (Å²) in [5, 5.41) is 0. The van der Waals surface area contributed by atoms with Crippen molar-refractivity contribution in [3.8, 4) is 5.75 Å². The van der Waals surface area contributed by atoms with E-state index < -0.39 is 5.60 Å². The zero-order chi connectivity index (χ0) is 16.2. The second-order valence-corrected chi connectivity index (χ2v) is 6.49. The predicted molar refractivity (Wildman–Crippen MR) is 82.5 cm³/mol. The lowest BCUT2D eigenvalue weighted by Gasteiger charge is -2.33. The number of anilines is 1. The molecule has 0 aliphatic carbocycles. The topological polar surface area (TPSA) is 90.6 Å². The van der Waals surface area contributed by atoms with Crippen LogP contribution < -0.4 is 10.5 Å². The van der Waals surface area contributed by atoms with E-state index in [1.165, 1.54) is 6.33 Å². The molecule has 0 saturated carbocycles. The van der Waals surface area contributed by atoms with Crippen LogP contribution in [-0.2, 0) is 4.74 Å². The normalized spacial score (nSPS) is 16.4. The molecule has 0 atom stereocenters. The fourth-order valence-electron chi connectivity index (χ4n) is 2.25. The van der Waals surface area contributed by atoms with Gasteiger partial charge in [0.2, 0.25) is 0 Å². The summed E-state index contributed by atoms with van der Waals surface area (Å²) in [6.45, 7) is 7.54. The quantitative estimate of drug-likeness (QED) is 0.919. The number of nitrogens with two attached hydrogens (primary N) is 1. The van der Waals surface area contributed by atoms with Crippen LogP contribution in [0.3, 0.4) is 0 Å². The van der Waals surface area contributed by atoms with Crippen molar-refractivity contribution in [3.05, 3.63) is 12.5 Å². The van der Waals surface area contributed by atoms with Gasteiger partial charge in [0.15, 0.2) is 11.6 Å². The van der Waals surface area contributed by atoms with Gasteiger partial charge in [-0.25, -0.2) is 14.8 Å². The first kappa shape index (κ1) is 16.3. The second kappa shape index (κ2) is 6.81. The molecule has 2 N–H and O–H groups in total. The van der Waals surface area contributed by atoms with Gasteiger partial charge in [0.25, 0.3) is 0 Å². The molecule has 7 nitrogen and oxygen atoms in total. The molecule has 7 heteroatoms. The molecule has 0 bridgehead atoms. The number of hydrogen-bond acceptors (Lipinski definition) is 6. The summed E-state index contributed by atoms with van der Waals surface area (Å²) >= 11 is 0. The van der Waals surface area contributed by atoms with E-state index in [2.05, 4.69) is 9.97 Å². The molecule has 1 fully saturated rings. The van der Waals surface area contributed by atoms with Crippen LogP contribution in [0.4, 0.5) is 10.6 Å². The largest absolute Gasteiger partial charge is 0.488 e. The highest BCUT2D eigenvalue weighted by Crippen LogP contribution is 2.22. The highest BCUT2D eigenvalue weighted by atomic mass is 16.6. The second-order valence-electron chi connectivity index (χ2n) is 6.49. The number of carbonyl (C=O) groups is 1. The number of likely N-dealkylation sites (tertiary alicyclic amines) is 1. The van der Waals surface area contributed by atoms with Crippen LogP contribution in [0.15, 0.2) is 12.5 Å². The standard InChI is InChI=1S/C15H24N4O3/c1-15(2,3)22-14(20)19-6-4-11(5-7-19)9-21-12-8-17-10-18-13(12)16/h8,10-11H,4-7,9H2,1-3H3,(H2,16,17,18). The van der Waals surface area contributed by atoms with Gasteiger partial charge in [-0.3, -0.25) is 0 Å². The Morgan fingerprint density at radius 1 is 1.41 bits per heavy atom. The number of rotatable bonds is 3. The van der Waals surface area contributed by atoms with Gasteiger partial charge < -0.3 is 20.1 Å². The minimum absolute atomic E-state index is 0.243. The SMILES string of the molecule is CC(C)(C)OC(=O)N1CCC(COc2cncnc2N)CC1. The van der Waals surface area contributed by atoms with E-state index in [0.717, 1.165) is 12.8 Å². The van der Waals surface area contributed by atoms with Crippen molar-refractivity contribution in [3.63, 3.8) is 0 Å². The zero-order valence-electron chi connectivity index (χ0n) is 13.4. The maximum Gasteiger partial charge on any atom is 0.410 e.